The molecule has 0 unspecified atom stereocenters. The summed E-state index contributed by atoms with van der Waals surface area (Å²) in [7, 11) is 6.82. The molecule has 1 fully saturated rings. The van der Waals surface area contributed by atoms with Gasteiger partial charge in [-0.2, -0.15) is 0 Å². The van der Waals surface area contributed by atoms with Crippen LogP contribution in [0, 0.1) is 0 Å². The monoisotopic (exact) mass is 480 g/mol. The minimum Gasteiger partial charge on any atom is -0.497 e. The summed E-state index contributed by atoms with van der Waals surface area (Å²) in [5.74, 6) is 3.40. The third-order valence-corrected chi connectivity index (χ3v) is 7.93. The highest BCUT2D eigenvalue weighted by Crippen LogP contribution is 2.65. The van der Waals surface area contributed by atoms with E-state index in [1.165, 1.54) is 22.3 Å². The van der Waals surface area contributed by atoms with Crippen molar-refractivity contribution < 1.29 is 18.9 Å². The normalized spacial score (nSPS) is 15.4. The van der Waals surface area contributed by atoms with E-state index in [1.54, 1.807) is 28.4 Å². The standard InChI is InChI=1S/C32H32O4/c1-33-27-13-5-23(6-14-27)31(24-7-15-28(34-2)16-8-24)21-22-32(31,25-9-17-29(35-3)18-10-25)26-11-19-30(36-4)20-12-26/h5-20H,21-22H2,1-4H3. The van der Waals surface area contributed by atoms with Crippen molar-refractivity contribution in [3.05, 3.63) is 119 Å². The lowest BCUT2D eigenvalue weighted by Gasteiger charge is -2.61. The number of hydrogen-bond donors (Lipinski definition) is 0. The van der Waals surface area contributed by atoms with Gasteiger partial charge in [-0.15, -0.1) is 0 Å². The molecule has 184 valence electrons. The van der Waals surface area contributed by atoms with Crippen LogP contribution in [0.2, 0.25) is 0 Å². The molecule has 0 amide bonds. The van der Waals surface area contributed by atoms with E-state index < -0.39 is 0 Å². The van der Waals surface area contributed by atoms with Crippen LogP contribution < -0.4 is 18.9 Å². The molecular weight excluding hydrogens is 448 g/mol. The van der Waals surface area contributed by atoms with Crippen LogP contribution in [0.25, 0.3) is 0 Å². The summed E-state index contributed by atoms with van der Waals surface area (Å²) in [6.45, 7) is 0. The molecule has 1 aliphatic carbocycles. The van der Waals surface area contributed by atoms with Gasteiger partial charge in [0.15, 0.2) is 0 Å². The van der Waals surface area contributed by atoms with Gasteiger partial charge in [0.2, 0.25) is 0 Å². The zero-order valence-corrected chi connectivity index (χ0v) is 21.3. The van der Waals surface area contributed by atoms with Gasteiger partial charge in [-0.25, -0.2) is 0 Å². The molecule has 0 N–H and O–H groups in total. The topological polar surface area (TPSA) is 36.9 Å². The van der Waals surface area contributed by atoms with Gasteiger partial charge in [0.25, 0.3) is 0 Å². The van der Waals surface area contributed by atoms with Gasteiger partial charge < -0.3 is 18.9 Å². The molecule has 0 spiro atoms. The molecule has 5 rings (SSSR count). The van der Waals surface area contributed by atoms with Crippen LogP contribution in [0.15, 0.2) is 97.1 Å². The van der Waals surface area contributed by atoms with Gasteiger partial charge in [0.05, 0.1) is 28.4 Å². The third kappa shape index (κ3) is 3.60. The Hall–Kier alpha value is -3.92. The molecule has 0 saturated heterocycles. The fourth-order valence-electron chi connectivity index (χ4n) is 6.02. The Kier molecular flexibility index (Phi) is 6.36. The first-order valence-corrected chi connectivity index (χ1v) is 12.2. The first-order chi connectivity index (χ1) is 17.6. The number of methoxy groups -OCH3 is 4. The maximum atomic E-state index is 5.50. The summed E-state index contributed by atoms with van der Waals surface area (Å²) in [6.07, 6.45) is 2.01. The second-order valence-electron chi connectivity index (χ2n) is 9.22. The highest BCUT2D eigenvalue weighted by atomic mass is 16.5. The predicted molar refractivity (Wildman–Crippen MR) is 143 cm³/mol. The van der Waals surface area contributed by atoms with Crippen LogP contribution in [-0.2, 0) is 10.8 Å². The Bertz CT molecular complexity index is 1090. The lowest BCUT2D eigenvalue weighted by Crippen LogP contribution is -2.59. The van der Waals surface area contributed by atoms with Crippen LogP contribution in [0.1, 0.15) is 35.1 Å². The number of benzene rings is 4. The van der Waals surface area contributed by atoms with Crippen molar-refractivity contribution in [1.29, 1.82) is 0 Å². The van der Waals surface area contributed by atoms with Crippen molar-refractivity contribution >= 4 is 0 Å². The van der Waals surface area contributed by atoms with E-state index in [1.807, 2.05) is 0 Å². The van der Waals surface area contributed by atoms with Gasteiger partial charge in [-0.05, 0) is 83.6 Å². The highest BCUT2D eigenvalue weighted by molar-refractivity contribution is 5.60. The third-order valence-electron chi connectivity index (χ3n) is 7.93. The average Bonchev–Trinajstić information content (AvgIpc) is 2.94. The van der Waals surface area contributed by atoms with Crippen molar-refractivity contribution in [3.63, 3.8) is 0 Å². The molecule has 0 aliphatic heterocycles. The van der Waals surface area contributed by atoms with E-state index in [4.69, 9.17) is 18.9 Å². The summed E-state index contributed by atoms with van der Waals surface area (Å²) in [5, 5.41) is 0. The van der Waals surface area contributed by atoms with E-state index in [-0.39, 0.29) is 10.8 Å². The molecule has 0 atom stereocenters. The molecule has 4 nitrogen and oxygen atoms in total. The zero-order chi connectivity index (χ0) is 25.2. The van der Waals surface area contributed by atoms with Crippen LogP contribution in [-0.4, -0.2) is 28.4 Å². The molecule has 1 saturated carbocycles. The maximum Gasteiger partial charge on any atom is 0.118 e. The zero-order valence-electron chi connectivity index (χ0n) is 21.3. The van der Waals surface area contributed by atoms with Gasteiger partial charge >= 0.3 is 0 Å². The maximum absolute atomic E-state index is 5.50. The molecular formula is C32H32O4. The fraction of sp³-hybridized carbons (Fsp3) is 0.250. The number of ether oxygens (including phenoxy) is 4. The summed E-state index contributed by atoms with van der Waals surface area (Å²) in [6, 6.07) is 34.2. The van der Waals surface area contributed by atoms with Crippen LogP contribution in [0.5, 0.6) is 23.0 Å². The van der Waals surface area contributed by atoms with E-state index in [0.717, 1.165) is 35.8 Å². The van der Waals surface area contributed by atoms with E-state index >= 15 is 0 Å². The van der Waals surface area contributed by atoms with Crippen molar-refractivity contribution in [1.82, 2.24) is 0 Å². The van der Waals surface area contributed by atoms with Crippen molar-refractivity contribution in [3.8, 4) is 23.0 Å². The van der Waals surface area contributed by atoms with Crippen LogP contribution >= 0.6 is 0 Å². The summed E-state index contributed by atoms with van der Waals surface area (Å²) >= 11 is 0. The summed E-state index contributed by atoms with van der Waals surface area (Å²) in [5.41, 5.74) is 4.43. The van der Waals surface area contributed by atoms with Gasteiger partial charge in [-0.3, -0.25) is 0 Å². The molecule has 0 bridgehead atoms. The fourth-order valence-corrected chi connectivity index (χ4v) is 6.02. The van der Waals surface area contributed by atoms with Crippen molar-refractivity contribution in [2.75, 3.05) is 28.4 Å². The minimum absolute atomic E-state index is 0.297. The first kappa shape index (κ1) is 23.8. The quantitative estimate of drug-likeness (QED) is 0.278. The Morgan fingerprint density at radius 2 is 0.556 bits per heavy atom. The Labute approximate surface area is 213 Å². The number of rotatable bonds is 8. The van der Waals surface area contributed by atoms with Crippen molar-refractivity contribution in [2.45, 2.75) is 23.7 Å². The molecule has 1 aliphatic rings. The van der Waals surface area contributed by atoms with Crippen LogP contribution in [0.4, 0.5) is 0 Å². The van der Waals surface area contributed by atoms with E-state index in [9.17, 15) is 0 Å². The first-order valence-electron chi connectivity index (χ1n) is 12.2. The van der Waals surface area contributed by atoms with Crippen molar-refractivity contribution in [2.24, 2.45) is 0 Å². The molecule has 4 aromatic carbocycles. The Morgan fingerprint density at radius 1 is 0.361 bits per heavy atom. The Morgan fingerprint density at radius 3 is 0.694 bits per heavy atom. The minimum atomic E-state index is -0.297. The predicted octanol–water partition coefficient (Wildman–Crippen LogP) is 6.79. The Balaban J connectivity index is 1.80. The number of hydrogen-bond acceptors (Lipinski definition) is 4. The van der Waals surface area contributed by atoms with E-state index in [0.29, 0.717) is 0 Å². The lowest BCUT2D eigenvalue weighted by atomic mass is 9.40. The molecule has 0 aromatic heterocycles. The largest absolute Gasteiger partial charge is 0.497 e. The lowest BCUT2D eigenvalue weighted by molar-refractivity contribution is 0.151. The smallest absolute Gasteiger partial charge is 0.118 e. The molecule has 36 heavy (non-hydrogen) atoms. The second kappa shape index (κ2) is 9.62. The molecule has 4 aromatic rings. The van der Waals surface area contributed by atoms with Gasteiger partial charge in [0.1, 0.15) is 23.0 Å². The second-order valence-corrected chi connectivity index (χ2v) is 9.22. The van der Waals surface area contributed by atoms with Gasteiger partial charge in [0, 0.05) is 10.8 Å². The van der Waals surface area contributed by atoms with Gasteiger partial charge in [-0.1, -0.05) is 48.5 Å². The molecule has 0 radical (unpaired) electrons. The summed E-state index contributed by atoms with van der Waals surface area (Å²) < 4.78 is 22.0. The molecule has 0 heterocycles. The molecule has 4 heteroatoms. The average molecular weight is 481 g/mol. The SMILES string of the molecule is COc1ccc(C2(c3ccc(OC)cc3)CCC2(c2ccc(OC)cc2)c2ccc(OC)cc2)cc1. The van der Waals surface area contributed by atoms with E-state index in [2.05, 4.69) is 97.1 Å². The summed E-state index contributed by atoms with van der Waals surface area (Å²) in [4.78, 5) is 0. The van der Waals surface area contributed by atoms with Crippen LogP contribution in [0.3, 0.4) is 0 Å². The highest BCUT2D eigenvalue weighted by Gasteiger charge is 2.62.